The summed E-state index contributed by atoms with van der Waals surface area (Å²) in [6.07, 6.45) is 0.319. The number of aromatic nitrogens is 2. The van der Waals surface area contributed by atoms with Crippen LogP contribution in [0.3, 0.4) is 0 Å². The van der Waals surface area contributed by atoms with Gasteiger partial charge < -0.3 is 9.42 Å². The van der Waals surface area contributed by atoms with Gasteiger partial charge in [0.05, 0.1) is 10.7 Å². The molecule has 3 aromatic rings. The number of para-hydroxylation sites is 1. The highest BCUT2D eigenvalue weighted by atomic mass is 35.5. The maximum Gasteiger partial charge on any atom is 0.257 e. The smallest absolute Gasteiger partial charge is 0.257 e. The number of rotatable bonds is 3. The molecule has 1 amide bonds. The Morgan fingerprint density at radius 2 is 1.96 bits per heavy atom. The first-order chi connectivity index (χ1) is 12.1. The first kappa shape index (κ1) is 16.1. The van der Waals surface area contributed by atoms with Gasteiger partial charge in [0.25, 0.3) is 5.89 Å². The van der Waals surface area contributed by atoms with Crippen molar-refractivity contribution in [3.05, 3.63) is 64.4 Å². The summed E-state index contributed by atoms with van der Waals surface area (Å²) in [5, 5.41) is 5.19. The van der Waals surface area contributed by atoms with Gasteiger partial charge in [0.15, 0.2) is 5.82 Å². The zero-order chi connectivity index (χ0) is 17.4. The molecule has 2 aromatic carbocycles. The van der Waals surface area contributed by atoms with Crippen molar-refractivity contribution in [2.45, 2.75) is 12.3 Å². The monoisotopic (exact) mass is 373 g/mol. The summed E-state index contributed by atoms with van der Waals surface area (Å²) in [5.41, 5.74) is 1.45. The fourth-order valence-corrected chi connectivity index (χ4v) is 3.35. The molecular formula is C18H13Cl2N3O2. The van der Waals surface area contributed by atoms with E-state index in [4.69, 9.17) is 27.7 Å². The van der Waals surface area contributed by atoms with Crippen molar-refractivity contribution in [1.29, 1.82) is 0 Å². The van der Waals surface area contributed by atoms with Crippen LogP contribution in [0.1, 0.15) is 18.2 Å². The van der Waals surface area contributed by atoms with Crippen LogP contribution in [-0.4, -0.2) is 22.6 Å². The number of carbonyl (C=O) groups excluding carboxylic acids is 1. The van der Waals surface area contributed by atoms with Gasteiger partial charge in [0.2, 0.25) is 5.91 Å². The van der Waals surface area contributed by atoms with Gasteiger partial charge in [-0.25, -0.2) is 0 Å². The third kappa shape index (κ3) is 3.13. The van der Waals surface area contributed by atoms with E-state index < -0.39 is 0 Å². The molecule has 1 aromatic heterocycles. The summed E-state index contributed by atoms with van der Waals surface area (Å²) < 4.78 is 5.34. The average molecular weight is 374 g/mol. The number of benzene rings is 2. The van der Waals surface area contributed by atoms with Crippen LogP contribution in [0.4, 0.5) is 5.69 Å². The van der Waals surface area contributed by atoms with Gasteiger partial charge in [-0.2, -0.15) is 4.98 Å². The number of halogens is 2. The normalized spacial score (nSPS) is 17.3. The van der Waals surface area contributed by atoms with E-state index in [-0.39, 0.29) is 11.8 Å². The highest BCUT2D eigenvalue weighted by Crippen LogP contribution is 2.34. The summed E-state index contributed by atoms with van der Waals surface area (Å²) in [6.45, 7) is 0.469. The molecule has 5 nitrogen and oxygen atoms in total. The van der Waals surface area contributed by atoms with Crippen molar-refractivity contribution in [3.63, 3.8) is 0 Å². The Kier molecular flexibility index (Phi) is 4.19. The van der Waals surface area contributed by atoms with Crippen molar-refractivity contribution in [2.75, 3.05) is 11.4 Å². The third-order valence-electron chi connectivity index (χ3n) is 4.15. The van der Waals surface area contributed by atoms with Crippen molar-refractivity contribution >= 4 is 34.8 Å². The van der Waals surface area contributed by atoms with Crippen LogP contribution >= 0.6 is 23.2 Å². The van der Waals surface area contributed by atoms with Crippen LogP contribution in [0.2, 0.25) is 10.0 Å². The van der Waals surface area contributed by atoms with Crippen LogP contribution in [0.25, 0.3) is 11.5 Å². The Hall–Kier alpha value is -2.37. The van der Waals surface area contributed by atoms with Gasteiger partial charge in [0.1, 0.15) is 0 Å². The number of amides is 1. The maximum absolute atomic E-state index is 12.4. The lowest BCUT2D eigenvalue weighted by atomic mass is 10.1. The number of hydrogen-bond acceptors (Lipinski definition) is 4. The zero-order valence-corrected chi connectivity index (χ0v) is 14.5. The minimum Gasteiger partial charge on any atom is -0.334 e. The number of anilines is 1. The van der Waals surface area contributed by atoms with E-state index in [1.54, 1.807) is 23.1 Å². The minimum atomic E-state index is -0.138. The van der Waals surface area contributed by atoms with Gasteiger partial charge >= 0.3 is 0 Å². The average Bonchev–Trinajstić information content (AvgIpc) is 3.22. The Labute approximate surface area is 154 Å². The van der Waals surface area contributed by atoms with Crippen LogP contribution in [0.15, 0.2) is 53.1 Å². The van der Waals surface area contributed by atoms with Crippen molar-refractivity contribution in [3.8, 4) is 11.5 Å². The van der Waals surface area contributed by atoms with E-state index in [0.29, 0.717) is 40.4 Å². The van der Waals surface area contributed by atoms with Gasteiger partial charge in [-0.3, -0.25) is 4.79 Å². The predicted molar refractivity (Wildman–Crippen MR) is 95.9 cm³/mol. The molecule has 4 rings (SSSR count). The summed E-state index contributed by atoms with van der Waals surface area (Å²) >= 11 is 12.2. The van der Waals surface area contributed by atoms with E-state index >= 15 is 0 Å². The molecule has 126 valence electrons. The quantitative estimate of drug-likeness (QED) is 0.674. The molecule has 1 unspecified atom stereocenters. The predicted octanol–water partition coefficient (Wildman–Crippen LogP) is 4.56. The fourth-order valence-electron chi connectivity index (χ4n) is 2.92. The van der Waals surface area contributed by atoms with Crippen LogP contribution in [0.5, 0.6) is 0 Å². The Bertz CT molecular complexity index is 941. The second kappa shape index (κ2) is 6.50. The lowest BCUT2D eigenvalue weighted by Crippen LogP contribution is -2.24. The van der Waals surface area contributed by atoms with Crippen LogP contribution in [-0.2, 0) is 4.79 Å². The standard InChI is InChI=1S/C18H13Cl2N3O2/c19-13-5-3-4-11(8-13)18-21-17(22-25-18)12-9-16(24)23(10-12)15-7-2-1-6-14(15)20/h1-8,12H,9-10H2. The van der Waals surface area contributed by atoms with Crippen LogP contribution in [0, 0.1) is 0 Å². The summed E-state index contributed by atoms with van der Waals surface area (Å²) in [7, 11) is 0. The van der Waals surface area contributed by atoms with Gasteiger partial charge in [-0.1, -0.05) is 46.6 Å². The topological polar surface area (TPSA) is 59.2 Å². The highest BCUT2D eigenvalue weighted by molar-refractivity contribution is 6.33. The molecule has 0 bridgehead atoms. The summed E-state index contributed by atoms with van der Waals surface area (Å²) in [5.74, 6) is 0.756. The molecule has 1 aliphatic heterocycles. The molecule has 1 fully saturated rings. The molecule has 0 aliphatic carbocycles. The van der Waals surface area contributed by atoms with Gasteiger partial charge in [-0.05, 0) is 30.3 Å². The number of nitrogens with zero attached hydrogens (tertiary/aromatic N) is 3. The summed E-state index contributed by atoms with van der Waals surface area (Å²) in [6, 6.07) is 14.5. The highest BCUT2D eigenvalue weighted by Gasteiger charge is 2.35. The molecular weight excluding hydrogens is 361 g/mol. The van der Waals surface area contributed by atoms with Crippen molar-refractivity contribution in [2.24, 2.45) is 0 Å². The van der Waals surface area contributed by atoms with E-state index in [2.05, 4.69) is 10.1 Å². The molecule has 1 atom stereocenters. The van der Waals surface area contributed by atoms with Gasteiger partial charge in [-0.15, -0.1) is 0 Å². The molecule has 2 heterocycles. The molecule has 7 heteroatoms. The van der Waals surface area contributed by atoms with Crippen molar-refractivity contribution < 1.29 is 9.32 Å². The first-order valence-corrected chi connectivity index (χ1v) is 8.52. The van der Waals surface area contributed by atoms with Gasteiger partial charge in [0, 0.05) is 29.5 Å². The second-order valence-electron chi connectivity index (χ2n) is 5.82. The summed E-state index contributed by atoms with van der Waals surface area (Å²) in [4.78, 5) is 18.5. The largest absolute Gasteiger partial charge is 0.334 e. The van der Waals surface area contributed by atoms with E-state index in [1.807, 2.05) is 30.3 Å². The lowest BCUT2D eigenvalue weighted by molar-refractivity contribution is -0.117. The molecule has 25 heavy (non-hydrogen) atoms. The molecule has 0 saturated carbocycles. The molecule has 0 radical (unpaired) electrons. The van der Waals surface area contributed by atoms with Crippen molar-refractivity contribution in [1.82, 2.24) is 10.1 Å². The Morgan fingerprint density at radius 1 is 1.12 bits per heavy atom. The molecule has 1 aliphatic rings. The van der Waals surface area contributed by atoms with Crippen LogP contribution < -0.4 is 4.90 Å². The fraction of sp³-hybridized carbons (Fsp3) is 0.167. The Morgan fingerprint density at radius 3 is 2.76 bits per heavy atom. The minimum absolute atomic E-state index is 0.00722. The Balaban J connectivity index is 1.58. The molecule has 1 saturated heterocycles. The molecule has 0 N–H and O–H groups in total. The maximum atomic E-state index is 12.4. The number of carbonyl (C=O) groups is 1. The van der Waals surface area contributed by atoms with E-state index in [9.17, 15) is 4.79 Å². The SMILES string of the molecule is O=C1CC(c2noc(-c3cccc(Cl)c3)n2)CN1c1ccccc1Cl. The number of hydrogen-bond donors (Lipinski definition) is 0. The van der Waals surface area contributed by atoms with E-state index in [1.165, 1.54) is 0 Å². The first-order valence-electron chi connectivity index (χ1n) is 7.76. The second-order valence-corrected chi connectivity index (χ2v) is 6.67. The molecule has 0 spiro atoms. The third-order valence-corrected chi connectivity index (χ3v) is 4.70. The van der Waals surface area contributed by atoms with E-state index in [0.717, 1.165) is 5.56 Å². The lowest BCUT2D eigenvalue weighted by Gasteiger charge is -2.17. The zero-order valence-electron chi connectivity index (χ0n) is 13.0.